The lowest BCUT2D eigenvalue weighted by Gasteiger charge is -2.42. The van der Waals surface area contributed by atoms with E-state index in [4.69, 9.17) is 29.7 Å². The van der Waals surface area contributed by atoms with E-state index in [0.29, 0.717) is 0 Å². The fourth-order valence-corrected chi connectivity index (χ4v) is 5.96. The van der Waals surface area contributed by atoms with E-state index in [1.807, 2.05) is 0 Å². The van der Waals surface area contributed by atoms with Gasteiger partial charge in [0.05, 0.1) is 35.0 Å². The third-order valence-corrected chi connectivity index (χ3v) is 8.46. The van der Waals surface area contributed by atoms with Gasteiger partial charge in [0.15, 0.2) is 24.6 Å². The highest BCUT2D eigenvalue weighted by Gasteiger charge is 2.49. The minimum Gasteiger partial charge on any atom is -0.507 e. The van der Waals surface area contributed by atoms with Gasteiger partial charge in [0, 0.05) is 42.0 Å². The molecule has 6 atom stereocenters. The van der Waals surface area contributed by atoms with Crippen molar-refractivity contribution in [1.29, 1.82) is 0 Å². The zero-order chi connectivity index (χ0) is 31.6. The Bertz CT molecular complexity index is 1560. The molecule has 4 unspecified atom stereocenters. The molecule has 17 heteroatoms. The summed E-state index contributed by atoms with van der Waals surface area (Å²) in [6.07, 6.45) is -5.11. The van der Waals surface area contributed by atoms with Gasteiger partial charge in [0.1, 0.15) is 22.8 Å². The smallest absolute Gasteiger partial charge is 0.472 e. The van der Waals surface area contributed by atoms with Crippen molar-refractivity contribution in [2.24, 2.45) is 5.73 Å². The van der Waals surface area contributed by atoms with Crippen LogP contribution in [0.15, 0.2) is 18.2 Å². The number of phosphoric acid groups is 1. The first-order chi connectivity index (χ1) is 20.0. The van der Waals surface area contributed by atoms with Crippen molar-refractivity contribution in [3.8, 4) is 17.2 Å². The maximum Gasteiger partial charge on any atom is 0.472 e. The average Bonchev–Trinajstić information content (AvgIpc) is 2.91. The Labute approximate surface area is 256 Å². The Morgan fingerprint density at radius 1 is 1.14 bits per heavy atom. The van der Waals surface area contributed by atoms with Gasteiger partial charge in [-0.2, -0.15) is 0 Å². The molecule has 1 saturated heterocycles. The highest BCUT2D eigenvalue weighted by Crippen LogP contribution is 2.52. The third-order valence-electron chi connectivity index (χ3n) is 8.01. The molecule has 15 nitrogen and oxygen atoms in total. The highest BCUT2D eigenvalue weighted by molar-refractivity contribution is 7.46. The van der Waals surface area contributed by atoms with Crippen LogP contribution in [0.4, 0.5) is 0 Å². The van der Waals surface area contributed by atoms with Crippen LogP contribution in [0.3, 0.4) is 0 Å². The molecule has 240 valence electrons. The molecule has 2 aromatic rings. The van der Waals surface area contributed by atoms with Gasteiger partial charge in [-0.25, -0.2) is 9.09 Å². The van der Waals surface area contributed by atoms with Crippen molar-refractivity contribution < 1.29 is 67.9 Å². The number of hydrogen-bond donors (Lipinski definition) is 7. The van der Waals surface area contributed by atoms with Crippen molar-refractivity contribution in [3.63, 3.8) is 0 Å². The van der Waals surface area contributed by atoms with Gasteiger partial charge < -0.3 is 50.2 Å². The van der Waals surface area contributed by atoms with E-state index < -0.39 is 104 Å². The number of fused-ring (bicyclic) bond motifs is 3. The average molecular weight is 660 g/mol. The fraction of sp³-hybridized carbons (Fsp3) is 0.444. The number of Topliss-reactive ketones (excluding diaryl/α,β-unsaturated/α-hetero) is 1. The van der Waals surface area contributed by atoms with Crippen LogP contribution in [0.2, 0.25) is 0 Å². The first kappa shape index (κ1) is 33.9. The maximum absolute atomic E-state index is 13.8. The minimum absolute atomic E-state index is 0. The van der Waals surface area contributed by atoms with Crippen LogP contribution in [-0.4, -0.2) is 84.5 Å². The van der Waals surface area contributed by atoms with Crippen LogP contribution < -0.4 is 10.5 Å². The predicted octanol–water partition coefficient (Wildman–Crippen LogP) is 0.888. The zero-order valence-electron chi connectivity index (χ0n) is 23.3. The zero-order valence-corrected chi connectivity index (χ0v) is 25.0. The summed E-state index contributed by atoms with van der Waals surface area (Å²) in [5.41, 5.74) is 1.79. The SMILES string of the molecule is CC(=O)[C@]1(O)Cc2c(O)c3c(c(O)c2[C@@H](OC2CC(N)C(O)C(C)O2)C1)C(=O)c1c(OCOP(=O)(O)O)cccc1C3=O.Cl. The van der Waals surface area contributed by atoms with Gasteiger partial charge in [-0.1, -0.05) is 12.1 Å². The molecule has 0 bridgehead atoms. The second-order valence-corrected chi connectivity index (χ2v) is 12.1. The van der Waals surface area contributed by atoms with E-state index in [2.05, 4.69) is 4.52 Å². The van der Waals surface area contributed by atoms with E-state index >= 15 is 0 Å². The lowest BCUT2D eigenvalue weighted by atomic mass is 9.72. The summed E-state index contributed by atoms with van der Waals surface area (Å²) in [6, 6.07) is 3.06. The molecule has 3 aliphatic rings. The van der Waals surface area contributed by atoms with Crippen LogP contribution >= 0.6 is 20.2 Å². The van der Waals surface area contributed by atoms with Crippen molar-refractivity contribution in [2.75, 3.05) is 6.79 Å². The third kappa shape index (κ3) is 5.88. The Morgan fingerprint density at radius 3 is 2.41 bits per heavy atom. The van der Waals surface area contributed by atoms with E-state index in [1.54, 1.807) is 6.92 Å². The summed E-state index contributed by atoms with van der Waals surface area (Å²) in [5.74, 6) is -4.34. The van der Waals surface area contributed by atoms with Crippen molar-refractivity contribution in [3.05, 3.63) is 51.6 Å². The number of aliphatic hydroxyl groups is 2. The Kier molecular flexibility index (Phi) is 9.33. The second-order valence-electron chi connectivity index (χ2n) is 10.8. The number of aromatic hydroxyl groups is 2. The molecule has 44 heavy (non-hydrogen) atoms. The van der Waals surface area contributed by atoms with Crippen LogP contribution in [-0.2, 0) is 29.8 Å². The standard InChI is InChI=1S/C27H30NO14P.ClH/c1-10-22(30)14(28)6-17(41-10)42-16-8-27(35,11(2)29)7-13-19(16)26(34)21-20(24(13)32)23(31)12-4-3-5-15(18(12)25(21)33)39-9-40-43(36,37)38;/h3-5,10,14,16-17,22,30,32,34-35H,6-9,28H2,1-2H3,(H2,36,37,38);1H/t10?,14?,16-,17?,22?,27-;/m0./s1. The normalized spacial score (nSPS) is 27.9. The summed E-state index contributed by atoms with van der Waals surface area (Å²) < 4.78 is 32.3. The molecular formula is C27H31ClNO14P. The molecule has 1 fully saturated rings. The van der Waals surface area contributed by atoms with Gasteiger partial charge in [0.2, 0.25) is 5.78 Å². The fourth-order valence-electron chi connectivity index (χ4n) is 5.77. The van der Waals surface area contributed by atoms with Crippen LogP contribution in [0.25, 0.3) is 0 Å². The topological polar surface area (TPSA) is 253 Å². The number of benzene rings is 2. The summed E-state index contributed by atoms with van der Waals surface area (Å²) in [4.78, 5) is 57.9. The summed E-state index contributed by atoms with van der Waals surface area (Å²) >= 11 is 0. The number of ether oxygens (including phenoxy) is 3. The van der Waals surface area contributed by atoms with Gasteiger partial charge >= 0.3 is 7.82 Å². The number of carbonyl (C=O) groups is 3. The molecule has 2 aliphatic carbocycles. The number of hydrogen-bond acceptors (Lipinski definition) is 13. The quantitative estimate of drug-likeness (QED) is 0.106. The van der Waals surface area contributed by atoms with Crippen LogP contribution in [0.1, 0.15) is 75.8 Å². The Hall–Kier alpha value is -2.95. The van der Waals surface area contributed by atoms with Crippen molar-refractivity contribution in [2.45, 2.75) is 69.4 Å². The van der Waals surface area contributed by atoms with E-state index in [0.717, 1.165) is 6.92 Å². The molecule has 0 saturated carbocycles. The van der Waals surface area contributed by atoms with Crippen LogP contribution in [0.5, 0.6) is 17.2 Å². The lowest BCUT2D eigenvalue weighted by Crippen LogP contribution is -2.52. The molecule has 0 spiro atoms. The molecule has 1 aliphatic heterocycles. The molecular weight excluding hydrogens is 629 g/mol. The number of aliphatic hydroxyl groups excluding tert-OH is 1. The van der Waals surface area contributed by atoms with Gasteiger partial charge in [-0.3, -0.25) is 14.4 Å². The Morgan fingerprint density at radius 2 is 1.80 bits per heavy atom. The molecule has 2 aromatic carbocycles. The summed E-state index contributed by atoms with van der Waals surface area (Å²) in [5, 5.41) is 44.3. The number of ketones is 3. The molecule has 0 aromatic heterocycles. The maximum atomic E-state index is 13.8. The van der Waals surface area contributed by atoms with Gasteiger partial charge in [-0.15, -0.1) is 12.4 Å². The molecule has 0 radical (unpaired) electrons. The number of rotatable bonds is 7. The number of carbonyl (C=O) groups excluding carboxylic acids is 3. The van der Waals surface area contributed by atoms with E-state index in [-0.39, 0.29) is 46.8 Å². The van der Waals surface area contributed by atoms with Gasteiger partial charge in [-0.05, 0) is 19.9 Å². The molecule has 8 N–H and O–H groups in total. The molecule has 0 amide bonds. The first-order valence-corrected chi connectivity index (χ1v) is 14.7. The van der Waals surface area contributed by atoms with Crippen molar-refractivity contribution in [1.82, 2.24) is 0 Å². The second kappa shape index (κ2) is 12.1. The lowest BCUT2D eigenvalue weighted by molar-refractivity contribution is -0.247. The Balaban J connectivity index is 0.00000442. The van der Waals surface area contributed by atoms with Gasteiger partial charge in [0.25, 0.3) is 0 Å². The predicted molar refractivity (Wildman–Crippen MR) is 150 cm³/mol. The summed E-state index contributed by atoms with van der Waals surface area (Å²) in [6.45, 7) is 1.71. The first-order valence-electron chi connectivity index (χ1n) is 13.2. The number of halogens is 1. The number of phenolic OH excluding ortho intramolecular Hbond substituents is 2. The summed E-state index contributed by atoms with van der Waals surface area (Å²) in [7, 11) is -4.93. The van der Waals surface area contributed by atoms with Crippen LogP contribution in [0, 0.1) is 0 Å². The molecule has 1 heterocycles. The van der Waals surface area contributed by atoms with E-state index in [1.165, 1.54) is 18.2 Å². The largest absolute Gasteiger partial charge is 0.507 e. The number of nitrogens with two attached hydrogens (primary N) is 1. The minimum atomic E-state index is -4.93. The number of phosphoric ester groups is 1. The highest BCUT2D eigenvalue weighted by atomic mass is 35.5. The van der Waals surface area contributed by atoms with Crippen molar-refractivity contribution >= 4 is 37.6 Å². The van der Waals surface area contributed by atoms with E-state index in [9.17, 15) is 39.4 Å². The monoisotopic (exact) mass is 659 g/mol. The molecule has 5 rings (SSSR count). The number of phenols is 2.